The molecule has 1 aliphatic rings. The predicted molar refractivity (Wildman–Crippen MR) is 123 cm³/mol. The van der Waals surface area contributed by atoms with E-state index in [1.165, 1.54) is 5.56 Å². The number of carbonyl (C=O) groups excluding carboxylic acids is 2. The minimum Gasteiger partial charge on any atom is -0.497 e. The van der Waals surface area contributed by atoms with Crippen LogP contribution in [0.1, 0.15) is 24.8 Å². The lowest BCUT2D eigenvalue weighted by atomic mass is 10.1. The molecule has 1 heterocycles. The van der Waals surface area contributed by atoms with Crippen molar-refractivity contribution >= 4 is 17.5 Å². The maximum Gasteiger partial charge on any atom is 0.227 e. The normalized spacial score (nSPS) is 13.9. The van der Waals surface area contributed by atoms with Crippen molar-refractivity contribution in [2.45, 2.75) is 25.8 Å². The maximum absolute atomic E-state index is 12.8. The van der Waals surface area contributed by atoms with Crippen molar-refractivity contribution in [1.29, 1.82) is 5.26 Å². The Hall–Kier alpha value is -3.37. The molecule has 1 aliphatic heterocycles. The monoisotopic (exact) mass is 434 g/mol. The van der Waals surface area contributed by atoms with Gasteiger partial charge in [0.15, 0.2) is 0 Å². The van der Waals surface area contributed by atoms with Crippen molar-refractivity contribution in [3.8, 4) is 11.8 Å². The van der Waals surface area contributed by atoms with E-state index >= 15 is 0 Å². The van der Waals surface area contributed by atoms with Crippen LogP contribution in [0.5, 0.6) is 5.75 Å². The molecule has 7 heteroatoms. The molecule has 0 atom stereocenters. The number of amides is 2. The first-order valence-electron chi connectivity index (χ1n) is 11.0. The largest absolute Gasteiger partial charge is 0.497 e. The number of anilines is 1. The van der Waals surface area contributed by atoms with E-state index in [-0.39, 0.29) is 31.1 Å². The van der Waals surface area contributed by atoms with E-state index in [1.54, 1.807) is 12.0 Å². The van der Waals surface area contributed by atoms with Gasteiger partial charge in [-0.3, -0.25) is 14.5 Å². The first-order valence-corrected chi connectivity index (χ1v) is 11.0. The number of carbonyl (C=O) groups is 2. The van der Waals surface area contributed by atoms with Gasteiger partial charge >= 0.3 is 0 Å². The van der Waals surface area contributed by atoms with Crippen LogP contribution >= 0.6 is 0 Å². The van der Waals surface area contributed by atoms with E-state index in [9.17, 15) is 9.59 Å². The summed E-state index contributed by atoms with van der Waals surface area (Å²) >= 11 is 0. The zero-order valence-corrected chi connectivity index (χ0v) is 18.6. The molecule has 0 radical (unpaired) electrons. The molecule has 0 aliphatic carbocycles. The highest BCUT2D eigenvalue weighted by molar-refractivity contribution is 5.95. The molecule has 1 fully saturated rings. The van der Waals surface area contributed by atoms with Crippen molar-refractivity contribution in [2.24, 2.45) is 0 Å². The number of methoxy groups -OCH3 is 1. The Bertz CT molecular complexity index is 916. The van der Waals surface area contributed by atoms with Crippen LogP contribution in [0.15, 0.2) is 54.6 Å². The average Bonchev–Trinajstić information content (AvgIpc) is 2.84. The van der Waals surface area contributed by atoms with Gasteiger partial charge in [0, 0.05) is 57.8 Å². The average molecular weight is 435 g/mol. The molecule has 0 aromatic heterocycles. The number of nitrogens with zero attached hydrogens (tertiary/aromatic N) is 4. The van der Waals surface area contributed by atoms with Crippen LogP contribution in [0.3, 0.4) is 0 Å². The van der Waals surface area contributed by atoms with Gasteiger partial charge in [-0.2, -0.15) is 5.26 Å². The highest BCUT2D eigenvalue weighted by Gasteiger charge is 2.23. The Kier molecular flexibility index (Phi) is 8.64. The molecular weight excluding hydrogens is 404 g/mol. The summed E-state index contributed by atoms with van der Waals surface area (Å²) in [5.41, 5.74) is 1.97. The number of benzene rings is 2. The summed E-state index contributed by atoms with van der Waals surface area (Å²) in [5.74, 6) is 0.728. The van der Waals surface area contributed by atoms with Crippen molar-refractivity contribution in [2.75, 3.05) is 44.7 Å². The van der Waals surface area contributed by atoms with Crippen LogP contribution in [0.4, 0.5) is 5.69 Å². The number of ether oxygens (including phenoxy) is 1. The quantitative estimate of drug-likeness (QED) is 0.606. The van der Waals surface area contributed by atoms with E-state index in [4.69, 9.17) is 10.00 Å². The molecule has 168 valence electrons. The fourth-order valence-corrected chi connectivity index (χ4v) is 3.82. The summed E-state index contributed by atoms with van der Waals surface area (Å²) < 4.78 is 5.20. The topological polar surface area (TPSA) is 76.9 Å². The van der Waals surface area contributed by atoms with E-state index in [0.717, 1.165) is 31.1 Å². The Balaban J connectivity index is 1.45. The van der Waals surface area contributed by atoms with Crippen LogP contribution in [0, 0.1) is 11.3 Å². The number of piperazine rings is 1. The van der Waals surface area contributed by atoms with Crippen LogP contribution in [-0.4, -0.2) is 61.4 Å². The Labute approximate surface area is 189 Å². The lowest BCUT2D eigenvalue weighted by molar-refractivity contribution is -0.134. The molecule has 1 saturated heterocycles. The molecule has 2 amide bonds. The van der Waals surface area contributed by atoms with Crippen molar-refractivity contribution in [3.63, 3.8) is 0 Å². The van der Waals surface area contributed by atoms with Crippen LogP contribution in [0.25, 0.3) is 0 Å². The standard InChI is InChI=1S/C25H30N4O3/c1-32-23-10-8-21(9-11-23)20-27-16-18-28(19-17-27)24(30)12-13-25(31)29(15-5-14-26)22-6-3-2-4-7-22/h2-4,6-11H,5,12-13,15-20H2,1H3. The van der Waals surface area contributed by atoms with Crippen molar-refractivity contribution in [1.82, 2.24) is 9.80 Å². The minimum atomic E-state index is -0.127. The summed E-state index contributed by atoms with van der Waals surface area (Å²) in [6.45, 7) is 4.13. The number of rotatable bonds is 9. The molecule has 0 bridgehead atoms. The van der Waals surface area contributed by atoms with E-state index in [1.807, 2.05) is 47.4 Å². The first-order chi connectivity index (χ1) is 15.6. The second-order valence-corrected chi connectivity index (χ2v) is 7.79. The highest BCUT2D eigenvalue weighted by atomic mass is 16.5. The zero-order valence-electron chi connectivity index (χ0n) is 18.6. The lowest BCUT2D eigenvalue weighted by Crippen LogP contribution is -2.48. The fraction of sp³-hybridized carbons (Fsp3) is 0.400. The number of nitriles is 1. The van der Waals surface area contributed by atoms with Gasteiger partial charge in [0.1, 0.15) is 5.75 Å². The van der Waals surface area contributed by atoms with Gasteiger partial charge in [0.25, 0.3) is 0 Å². The van der Waals surface area contributed by atoms with E-state index in [2.05, 4.69) is 23.1 Å². The molecule has 3 rings (SSSR count). The molecule has 0 N–H and O–H groups in total. The van der Waals surface area contributed by atoms with Gasteiger partial charge in [-0.15, -0.1) is 0 Å². The third-order valence-corrected chi connectivity index (χ3v) is 5.66. The first kappa shape index (κ1) is 23.3. The Morgan fingerprint density at radius 2 is 1.69 bits per heavy atom. The summed E-state index contributed by atoms with van der Waals surface area (Å²) in [6.07, 6.45) is 0.586. The molecule has 0 saturated carbocycles. The van der Waals surface area contributed by atoms with Gasteiger partial charge in [0.05, 0.1) is 19.6 Å². The molecule has 0 unspecified atom stereocenters. The van der Waals surface area contributed by atoms with Crippen LogP contribution in [0.2, 0.25) is 0 Å². The fourth-order valence-electron chi connectivity index (χ4n) is 3.82. The third-order valence-electron chi connectivity index (χ3n) is 5.66. The Morgan fingerprint density at radius 1 is 1.00 bits per heavy atom. The van der Waals surface area contributed by atoms with Gasteiger partial charge < -0.3 is 14.5 Å². The van der Waals surface area contributed by atoms with Gasteiger partial charge in [0.2, 0.25) is 11.8 Å². The number of hydrogen-bond acceptors (Lipinski definition) is 5. The highest BCUT2D eigenvalue weighted by Crippen LogP contribution is 2.17. The summed E-state index contributed by atoms with van der Waals surface area (Å²) in [5, 5.41) is 8.91. The molecular formula is C25H30N4O3. The second kappa shape index (κ2) is 11.9. The van der Waals surface area contributed by atoms with Gasteiger partial charge in [-0.05, 0) is 29.8 Å². The van der Waals surface area contributed by atoms with Gasteiger partial charge in [-0.1, -0.05) is 30.3 Å². The molecule has 7 nitrogen and oxygen atoms in total. The second-order valence-electron chi connectivity index (χ2n) is 7.79. The van der Waals surface area contributed by atoms with E-state index < -0.39 is 0 Å². The molecule has 0 spiro atoms. The number of hydrogen-bond donors (Lipinski definition) is 0. The molecule has 2 aromatic carbocycles. The number of para-hydroxylation sites is 1. The smallest absolute Gasteiger partial charge is 0.227 e. The summed E-state index contributed by atoms with van der Waals surface area (Å²) in [7, 11) is 1.66. The SMILES string of the molecule is COc1ccc(CN2CCN(C(=O)CCC(=O)N(CCC#N)c3ccccc3)CC2)cc1. The molecule has 2 aromatic rings. The van der Waals surface area contributed by atoms with Crippen LogP contribution < -0.4 is 9.64 Å². The third kappa shape index (κ3) is 6.56. The Morgan fingerprint density at radius 3 is 2.31 bits per heavy atom. The van der Waals surface area contributed by atoms with Gasteiger partial charge in [-0.25, -0.2) is 0 Å². The molecule has 32 heavy (non-hydrogen) atoms. The van der Waals surface area contributed by atoms with Crippen LogP contribution in [-0.2, 0) is 16.1 Å². The summed E-state index contributed by atoms with van der Waals surface area (Å²) in [6, 6.07) is 19.4. The predicted octanol–water partition coefficient (Wildman–Crippen LogP) is 3.07. The maximum atomic E-state index is 12.8. The summed E-state index contributed by atoms with van der Waals surface area (Å²) in [4.78, 5) is 31.2. The van der Waals surface area contributed by atoms with Crippen molar-refractivity contribution < 1.29 is 14.3 Å². The lowest BCUT2D eigenvalue weighted by Gasteiger charge is -2.35. The van der Waals surface area contributed by atoms with Crippen molar-refractivity contribution in [3.05, 3.63) is 60.2 Å². The zero-order chi connectivity index (χ0) is 22.8. The van der Waals surface area contributed by atoms with E-state index in [0.29, 0.717) is 19.6 Å². The minimum absolute atomic E-state index is 0.00995.